The second-order valence-corrected chi connectivity index (χ2v) is 11.4. The van der Waals surface area contributed by atoms with Gasteiger partial charge in [-0.25, -0.2) is 4.79 Å². The average Bonchev–Trinajstić information content (AvgIpc) is 2.97. The molecular formula is C32H30O12. The van der Waals surface area contributed by atoms with Crippen molar-refractivity contribution in [1.82, 2.24) is 0 Å². The molecule has 3 aromatic carbocycles. The molecule has 0 amide bonds. The summed E-state index contributed by atoms with van der Waals surface area (Å²) in [5, 5.41) is 72.2. The molecule has 44 heavy (non-hydrogen) atoms. The molecule has 12 nitrogen and oxygen atoms in total. The lowest BCUT2D eigenvalue weighted by Crippen LogP contribution is -2.60. The number of aliphatic hydroxyl groups is 4. The number of fused-ring (bicyclic) bond motifs is 3. The smallest absolute Gasteiger partial charge is 0.335 e. The van der Waals surface area contributed by atoms with Crippen LogP contribution in [0.1, 0.15) is 83.6 Å². The van der Waals surface area contributed by atoms with E-state index in [1.165, 1.54) is 18.2 Å². The summed E-state index contributed by atoms with van der Waals surface area (Å²) in [4.78, 5) is 39.0. The third-order valence-corrected chi connectivity index (χ3v) is 8.72. The highest BCUT2D eigenvalue weighted by molar-refractivity contribution is 6.16. The molecule has 0 saturated carbocycles. The van der Waals surface area contributed by atoms with E-state index in [9.17, 15) is 50.1 Å². The fourth-order valence-electron chi connectivity index (χ4n) is 6.73. The van der Waals surface area contributed by atoms with E-state index in [-0.39, 0.29) is 57.9 Å². The SMILES string of the molecule is Cc1cc(O)c2c(c1)C(C1CCC(=O)c3c(O)cc(C(=O)O)cc31)c1cccc(O[C@@H]3OC(CO)[C@@H](O)[C@H](O)C3O)c1C2=O. The molecule has 1 aliphatic heterocycles. The number of ether oxygens (including phenoxy) is 2. The molecule has 7 atom stereocenters. The molecule has 3 aromatic rings. The summed E-state index contributed by atoms with van der Waals surface area (Å²) >= 11 is 0. The molecule has 12 heteroatoms. The van der Waals surface area contributed by atoms with Crippen LogP contribution in [0.25, 0.3) is 0 Å². The number of hydrogen-bond acceptors (Lipinski definition) is 11. The first kappa shape index (κ1) is 29.7. The zero-order chi connectivity index (χ0) is 31.6. The van der Waals surface area contributed by atoms with Gasteiger partial charge in [0.1, 0.15) is 41.7 Å². The minimum atomic E-state index is -1.75. The number of carboxylic acids is 1. The highest BCUT2D eigenvalue weighted by Gasteiger charge is 2.47. The van der Waals surface area contributed by atoms with Crippen molar-refractivity contribution in [3.8, 4) is 17.2 Å². The highest BCUT2D eigenvalue weighted by Crippen LogP contribution is 2.53. The summed E-state index contributed by atoms with van der Waals surface area (Å²) in [5.41, 5.74) is 1.53. The number of aromatic hydroxyl groups is 2. The molecule has 0 bridgehead atoms. The van der Waals surface area contributed by atoms with Gasteiger partial charge in [0.15, 0.2) is 5.78 Å². The van der Waals surface area contributed by atoms with Gasteiger partial charge >= 0.3 is 5.97 Å². The molecule has 0 radical (unpaired) electrons. The van der Waals surface area contributed by atoms with Crippen LogP contribution in [0.15, 0.2) is 42.5 Å². The number of aromatic carboxylic acids is 1. The molecule has 2 aliphatic carbocycles. The number of carbonyl (C=O) groups is 3. The van der Waals surface area contributed by atoms with Gasteiger partial charge in [0.25, 0.3) is 0 Å². The largest absolute Gasteiger partial charge is 0.507 e. The zero-order valence-corrected chi connectivity index (χ0v) is 23.4. The Balaban J connectivity index is 1.54. The Labute approximate surface area is 250 Å². The van der Waals surface area contributed by atoms with Crippen LogP contribution >= 0.6 is 0 Å². The maximum atomic E-state index is 14.1. The van der Waals surface area contributed by atoms with Crippen LogP contribution in [-0.2, 0) is 4.74 Å². The number of phenols is 2. The molecule has 1 saturated heterocycles. The monoisotopic (exact) mass is 606 g/mol. The number of rotatable bonds is 5. The van der Waals surface area contributed by atoms with Crippen molar-refractivity contribution in [1.29, 1.82) is 0 Å². The summed E-state index contributed by atoms with van der Waals surface area (Å²) in [5.74, 6) is -4.47. The fraction of sp³-hybridized carbons (Fsp3) is 0.344. The number of ketones is 2. The summed E-state index contributed by atoms with van der Waals surface area (Å²) in [6.45, 7) is 1.05. The topological polar surface area (TPSA) is 211 Å². The summed E-state index contributed by atoms with van der Waals surface area (Å²) in [7, 11) is 0. The molecule has 4 unspecified atom stereocenters. The van der Waals surface area contributed by atoms with Gasteiger partial charge in [-0.15, -0.1) is 0 Å². The van der Waals surface area contributed by atoms with E-state index in [1.807, 2.05) is 0 Å². The predicted octanol–water partition coefficient (Wildman–Crippen LogP) is 1.72. The molecule has 0 aromatic heterocycles. The van der Waals surface area contributed by atoms with Crippen molar-refractivity contribution >= 4 is 17.5 Å². The first-order valence-electron chi connectivity index (χ1n) is 14.0. The molecular weight excluding hydrogens is 576 g/mol. The Morgan fingerprint density at radius 3 is 2.34 bits per heavy atom. The zero-order valence-electron chi connectivity index (χ0n) is 23.4. The van der Waals surface area contributed by atoms with Gasteiger partial charge in [-0.1, -0.05) is 18.2 Å². The molecule has 1 heterocycles. The number of phenolic OH excluding ortho intramolecular Hbond substituents is 2. The van der Waals surface area contributed by atoms with Gasteiger partial charge in [0.05, 0.1) is 28.9 Å². The molecule has 0 spiro atoms. The van der Waals surface area contributed by atoms with Crippen molar-refractivity contribution in [2.45, 2.75) is 62.3 Å². The minimum Gasteiger partial charge on any atom is -0.507 e. The summed E-state index contributed by atoms with van der Waals surface area (Å²) in [6.07, 6.45) is -7.70. The number of benzene rings is 3. The number of carbonyl (C=O) groups excluding carboxylic acids is 2. The van der Waals surface area contributed by atoms with Crippen LogP contribution in [-0.4, -0.2) is 90.6 Å². The molecule has 230 valence electrons. The Hall–Kier alpha value is -4.33. The first-order valence-corrected chi connectivity index (χ1v) is 14.0. The lowest BCUT2D eigenvalue weighted by molar-refractivity contribution is -0.277. The van der Waals surface area contributed by atoms with Crippen molar-refractivity contribution in [2.24, 2.45) is 0 Å². The van der Waals surface area contributed by atoms with Crippen LogP contribution in [0.5, 0.6) is 17.2 Å². The molecule has 1 fully saturated rings. The third kappa shape index (κ3) is 4.62. The van der Waals surface area contributed by atoms with Crippen molar-refractivity contribution in [3.05, 3.63) is 87.0 Å². The number of aryl methyl sites for hydroxylation is 1. The Morgan fingerprint density at radius 1 is 0.909 bits per heavy atom. The van der Waals surface area contributed by atoms with Crippen LogP contribution in [0.3, 0.4) is 0 Å². The molecule has 7 N–H and O–H groups in total. The quantitative estimate of drug-likeness (QED) is 0.221. The second-order valence-electron chi connectivity index (χ2n) is 11.4. The average molecular weight is 607 g/mol. The maximum absolute atomic E-state index is 14.1. The van der Waals surface area contributed by atoms with E-state index in [0.29, 0.717) is 16.7 Å². The lowest BCUT2D eigenvalue weighted by Gasteiger charge is -2.40. The van der Waals surface area contributed by atoms with E-state index in [2.05, 4.69) is 0 Å². The first-order chi connectivity index (χ1) is 20.9. The van der Waals surface area contributed by atoms with Crippen molar-refractivity contribution in [2.75, 3.05) is 6.61 Å². The van der Waals surface area contributed by atoms with Gasteiger partial charge in [0.2, 0.25) is 12.1 Å². The van der Waals surface area contributed by atoms with Gasteiger partial charge in [-0.05, 0) is 65.8 Å². The van der Waals surface area contributed by atoms with Gasteiger partial charge in [-0.3, -0.25) is 9.59 Å². The summed E-state index contributed by atoms with van der Waals surface area (Å²) < 4.78 is 11.4. The van der Waals surface area contributed by atoms with Gasteiger partial charge < -0.3 is 45.2 Å². The van der Waals surface area contributed by atoms with Crippen LogP contribution in [0.4, 0.5) is 0 Å². The van der Waals surface area contributed by atoms with E-state index >= 15 is 0 Å². The Kier molecular flexibility index (Phi) is 7.42. The van der Waals surface area contributed by atoms with Gasteiger partial charge in [-0.2, -0.15) is 0 Å². The van der Waals surface area contributed by atoms with E-state index in [0.717, 1.165) is 6.07 Å². The predicted molar refractivity (Wildman–Crippen MR) is 150 cm³/mol. The van der Waals surface area contributed by atoms with E-state index < -0.39 is 66.7 Å². The lowest BCUT2D eigenvalue weighted by atomic mass is 9.65. The van der Waals surface area contributed by atoms with Crippen molar-refractivity contribution < 1.29 is 59.6 Å². The fourth-order valence-corrected chi connectivity index (χ4v) is 6.73. The Bertz CT molecular complexity index is 1690. The number of aliphatic hydroxyl groups excluding tert-OH is 4. The van der Waals surface area contributed by atoms with Crippen LogP contribution in [0, 0.1) is 6.92 Å². The van der Waals surface area contributed by atoms with E-state index in [4.69, 9.17) is 9.47 Å². The third-order valence-electron chi connectivity index (χ3n) is 8.72. The number of carboxylic acid groups (broad SMARTS) is 1. The normalized spacial score (nSPS) is 27.7. The van der Waals surface area contributed by atoms with Crippen molar-refractivity contribution in [3.63, 3.8) is 0 Å². The second kappa shape index (κ2) is 11.0. The number of Topliss-reactive ketones (excluding diaryl/α,β-unsaturated/α-hetero) is 1. The standard InChI is InChI=1S/C32H30O12/c1-12-7-17-23(14-5-6-18(34)24-16(14)9-13(31(41)42)10-20(24)36)15-3-2-4-21(26(15)28(38)25(17)19(35)8-12)43-32-30(40)29(39)27(37)22(11-33)44-32/h2-4,7-10,14,22-23,27,29-30,32-33,35-37,39-40H,5-6,11H2,1H3,(H,41,42)/t14?,22?,23?,27-,29+,30?,32-/m1/s1. The Morgan fingerprint density at radius 2 is 1.64 bits per heavy atom. The van der Waals surface area contributed by atoms with E-state index in [1.54, 1.807) is 25.1 Å². The number of hydrogen-bond donors (Lipinski definition) is 7. The van der Waals surface area contributed by atoms with Gasteiger partial charge in [0, 0.05) is 12.3 Å². The summed E-state index contributed by atoms with van der Waals surface area (Å²) in [6, 6.07) is 10.2. The minimum absolute atomic E-state index is 0.00169. The highest BCUT2D eigenvalue weighted by atomic mass is 16.7. The van der Waals surface area contributed by atoms with Crippen LogP contribution < -0.4 is 4.74 Å². The maximum Gasteiger partial charge on any atom is 0.335 e. The van der Waals surface area contributed by atoms with Crippen LogP contribution in [0.2, 0.25) is 0 Å². The molecule has 6 rings (SSSR count). The molecule has 3 aliphatic rings.